The van der Waals surface area contributed by atoms with E-state index >= 15 is 0 Å². The lowest BCUT2D eigenvalue weighted by molar-refractivity contribution is 0.586. The molecular weight excluding hydrogens is 799 g/mol. The molecule has 3 aliphatic carbocycles. The first-order valence-electron chi connectivity index (χ1n) is 23.7. The molecule has 1 aromatic heterocycles. The summed E-state index contributed by atoms with van der Waals surface area (Å²) in [6.07, 6.45) is 0. The van der Waals surface area contributed by atoms with E-state index in [4.69, 9.17) is 4.42 Å². The lowest BCUT2D eigenvalue weighted by Crippen LogP contribution is -2.27. The van der Waals surface area contributed by atoms with Crippen LogP contribution in [0.3, 0.4) is 0 Å². The van der Waals surface area contributed by atoms with Gasteiger partial charge < -0.3 is 9.32 Å². The van der Waals surface area contributed by atoms with Gasteiger partial charge in [-0.25, -0.2) is 0 Å². The van der Waals surface area contributed by atoms with Crippen molar-refractivity contribution in [1.82, 2.24) is 0 Å². The molecule has 0 saturated heterocycles. The van der Waals surface area contributed by atoms with Gasteiger partial charge in [0.2, 0.25) is 0 Å². The quantitative estimate of drug-likeness (QED) is 0.176. The first-order valence-corrected chi connectivity index (χ1v) is 23.7. The van der Waals surface area contributed by atoms with Gasteiger partial charge >= 0.3 is 0 Å². The number of para-hydroxylation sites is 1. The zero-order chi connectivity index (χ0) is 45.1. The molecule has 13 rings (SSSR count). The second-order valence-electron chi connectivity index (χ2n) is 21.7. The Bertz CT molecular complexity index is 3650. The van der Waals surface area contributed by atoms with E-state index in [-0.39, 0.29) is 16.2 Å². The first-order chi connectivity index (χ1) is 31.7. The number of fused-ring (bicyclic) bond motifs is 18. The minimum atomic E-state index is -0.535. The molecule has 2 heteroatoms. The summed E-state index contributed by atoms with van der Waals surface area (Å²) in [5.74, 6) is 0. The molecular formula is C64H53NO. The summed E-state index contributed by atoms with van der Waals surface area (Å²) < 4.78 is 7.08. The summed E-state index contributed by atoms with van der Waals surface area (Å²) in [6, 6.07) is 66.9. The molecule has 0 saturated carbocycles. The standard InChI is InChI=1S/C64H53NO/c1-61(2,3)39-25-29-47-48-30-26-40(62(4,5)6)35-55(48)64(54(47)34-39)52-22-14-12-19-45(52)49-32-28-42(37-56(49)64)65(41-27-31-46-44-18-11-13-21-51(44)63(7,8)53(46)36-41)57-23-15-20-50-59-43-17-10-9-16-38(43)24-33-58(59)66-60(50)57/h9-37H,1-8H3. The summed E-state index contributed by atoms with van der Waals surface area (Å²) in [5.41, 5.74) is 22.9. The molecule has 0 aliphatic heterocycles. The maximum atomic E-state index is 7.08. The van der Waals surface area contributed by atoms with E-state index in [2.05, 4.69) is 236 Å². The largest absolute Gasteiger partial charge is 0.454 e. The molecule has 0 N–H and O–H groups in total. The van der Waals surface area contributed by atoms with Gasteiger partial charge in [0.1, 0.15) is 5.58 Å². The van der Waals surface area contributed by atoms with Gasteiger partial charge in [0.15, 0.2) is 5.58 Å². The smallest absolute Gasteiger partial charge is 0.159 e. The Kier molecular flexibility index (Phi) is 7.86. The van der Waals surface area contributed by atoms with E-state index in [1.54, 1.807) is 0 Å². The fourth-order valence-electron chi connectivity index (χ4n) is 12.2. The van der Waals surface area contributed by atoms with Crippen LogP contribution >= 0.6 is 0 Å². The number of furan rings is 1. The van der Waals surface area contributed by atoms with Crippen molar-refractivity contribution in [1.29, 1.82) is 0 Å². The van der Waals surface area contributed by atoms with E-state index in [1.807, 2.05) is 0 Å². The second kappa shape index (κ2) is 13.2. The van der Waals surface area contributed by atoms with Crippen molar-refractivity contribution >= 4 is 49.8 Å². The average Bonchev–Trinajstić information content (AvgIpc) is 4.01. The van der Waals surface area contributed by atoms with Gasteiger partial charge in [-0.3, -0.25) is 0 Å². The minimum Gasteiger partial charge on any atom is -0.454 e. The highest BCUT2D eigenvalue weighted by atomic mass is 16.3. The average molecular weight is 852 g/mol. The van der Waals surface area contributed by atoms with Crippen molar-refractivity contribution in [2.75, 3.05) is 4.90 Å². The molecule has 0 radical (unpaired) electrons. The zero-order valence-electron chi connectivity index (χ0n) is 39.1. The minimum absolute atomic E-state index is 0.0290. The van der Waals surface area contributed by atoms with Crippen LogP contribution in [0.1, 0.15) is 99.9 Å². The Hall–Kier alpha value is -7.16. The summed E-state index contributed by atoms with van der Waals surface area (Å²) in [6.45, 7) is 18.8. The number of hydrogen-bond donors (Lipinski definition) is 0. The molecule has 0 fully saturated rings. The first kappa shape index (κ1) is 39.2. The molecule has 3 aliphatic rings. The molecule has 0 atom stereocenters. The SMILES string of the molecule is CC(C)(C)c1ccc2c(c1)C1(c3ccccc3-c3ccc(N(c4ccc5c(c4)C(C)(C)c4ccccc4-5)c4cccc5c4oc4ccc6ccccc6c45)cc31)c1cc(C(C)(C)C)ccc1-2. The molecule has 9 aromatic carbocycles. The summed E-state index contributed by atoms with van der Waals surface area (Å²) >= 11 is 0. The lowest BCUT2D eigenvalue weighted by Gasteiger charge is -2.34. The van der Waals surface area contributed by atoms with Crippen LogP contribution in [-0.2, 0) is 21.7 Å². The van der Waals surface area contributed by atoms with Crippen molar-refractivity contribution < 1.29 is 4.42 Å². The highest BCUT2D eigenvalue weighted by Gasteiger charge is 2.52. The highest BCUT2D eigenvalue weighted by molar-refractivity contribution is 6.21. The molecule has 320 valence electrons. The third-order valence-corrected chi connectivity index (χ3v) is 15.6. The fraction of sp³-hybridized carbons (Fsp3) is 0.188. The number of benzene rings is 9. The van der Waals surface area contributed by atoms with Crippen LogP contribution in [0.4, 0.5) is 17.1 Å². The molecule has 0 amide bonds. The van der Waals surface area contributed by atoms with E-state index in [1.165, 1.54) is 88.7 Å². The predicted octanol–water partition coefficient (Wildman–Crippen LogP) is 17.5. The zero-order valence-corrected chi connectivity index (χ0v) is 39.1. The van der Waals surface area contributed by atoms with Gasteiger partial charge in [0.05, 0.1) is 11.1 Å². The molecule has 0 bridgehead atoms. The highest BCUT2D eigenvalue weighted by Crippen LogP contribution is 2.64. The summed E-state index contributed by atoms with van der Waals surface area (Å²) in [4.78, 5) is 2.48. The Morgan fingerprint density at radius 1 is 0.409 bits per heavy atom. The maximum Gasteiger partial charge on any atom is 0.159 e. The van der Waals surface area contributed by atoms with Gasteiger partial charge in [0, 0.05) is 27.6 Å². The van der Waals surface area contributed by atoms with Crippen LogP contribution in [0.15, 0.2) is 180 Å². The van der Waals surface area contributed by atoms with Crippen LogP contribution in [0, 0.1) is 0 Å². The van der Waals surface area contributed by atoms with Crippen LogP contribution in [0.5, 0.6) is 0 Å². The van der Waals surface area contributed by atoms with E-state index in [0.717, 1.165) is 39.0 Å². The van der Waals surface area contributed by atoms with Gasteiger partial charge in [-0.15, -0.1) is 0 Å². The lowest BCUT2D eigenvalue weighted by atomic mass is 9.68. The van der Waals surface area contributed by atoms with Gasteiger partial charge in [0.25, 0.3) is 0 Å². The molecule has 1 heterocycles. The summed E-state index contributed by atoms with van der Waals surface area (Å²) in [7, 11) is 0. The van der Waals surface area contributed by atoms with Crippen LogP contribution < -0.4 is 4.90 Å². The molecule has 2 nitrogen and oxygen atoms in total. The predicted molar refractivity (Wildman–Crippen MR) is 277 cm³/mol. The van der Waals surface area contributed by atoms with Crippen molar-refractivity contribution in [3.63, 3.8) is 0 Å². The third-order valence-electron chi connectivity index (χ3n) is 15.6. The monoisotopic (exact) mass is 851 g/mol. The Morgan fingerprint density at radius 3 is 1.56 bits per heavy atom. The molecule has 0 unspecified atom stereocenters. The second-order valence-corrected chi connectivity index (χ2v) is 21.7. The van der Waals surface area contributed by atoms with E-state index in [9.17, 15) is 0 Å². The third kappa shape index (κ3) is 5.19. The van der Waals surface area contributed by atoms with E-state index in [0.29, 0.717) is 0 Å². The molecule has 10 aromatic rings. The molecule has 1 spiro atoms. The fourth-order valence-corrected chi connectivity index (χ4v) is 12.2. The number of nitrogens with zero attached hydrogens (tertiary/aromatic N) is 1. The van der Waals surface area contributed by atoms with Crippen LogP contribution in [-0.4, -0.2) is 0 Å². The topological polar surface area (TPSA) is 16.4 Å². The molecule has 66 heavy (non-hydrogen) atoms. The summed E-state index contributed by atoms with van der Waals surface area (Å²) in [5, 5.41) is 4.68. The Labute approximate surface area is 388 Å². The number of rotatable bonds is 3. The van der Waals surface area contributed by atoms with E-state index < -0.39 is 5.41 Å². The van der Waals surface area contributed by atoms with Gasteiger partial charge in [-0.1, -0.05) is 195 Å². The Balaban J connectivity index is 1.12. The van der Waals surface area contributed by atoms with Gasteiger partial charge in [-0.05, 0) is 136 Å². The van der Waals surface area contributed by atoms with Crippen LogP contribution in [0.25, 0.3) is 66.1 Å². The van der Waals surface area contributed by atoms with Crippen molar-refractivity contribution in [2.24, 2.45) is 0 Å². The van der Waals surface area contributed by atoms with Crippen molar-refractivity contribution in [2.45, 2.75) is 77.0 Å². The van der Waals surface area contributed by atoms with Crippen molar-refractivity contribution in [3.8, 4) is 33.4 Å². The number of hydrogen-bond acceptors (Lipinski definition) is 2. The van der Waals surface area contributed by atoms with Crippen molar-refractivity contribution in [3.05, 3.63) is 220 Å². The number of anilines is 3. The van der Waals surface area contributed by atoms with Crippen LogP contribution in [0.2, 0.25) is 0 Å². The normalized spacial score (nSPS) is 14.9. The maximum absolute atomic E-state index is 7.08. The van der Waals surface area contributed by atoms with Gasteiger partial charge in [-0.2, -0.15) is 0 Å². The Morgan fingerprint density at radius 2 is 0.909 bits per heavy atom.